The largest absolute Gasteiger partial charge is 0.298 e. The SMILES string of the molecule is CC(CBr)N(C)Cc1cnn(C)c1. The van der Waals surface area contributed by atoms with Gasteiger partial charge in [0, 0.05) is 36.7 Å². The maximum Gasteiger partial charge on any atom is 0.0534 e. The summed E-state index contributed by atoms with van der Waals surface area (Å²) in [6.45, 7) is 3.16. The topological polar surface area (TPSA) is 21.1 Å². The van der Waals surface area contributed by atoms with Crippen molar-refractivity contribution in [3.05, 3.63) is 18.0 Å². The molecule has 0 aliphatic carbocycles. The molecule has 1 unspecified atom stereocenters. The standard InChI is InChI=1S/C9H16BrN3/c1-8(4-10)12(2)6-9-5-11-13(3)7-9/h5,7-8H,4,6H2,1-3H3. The van der Waals surface area contributed by atoms with Crippen LogP contribution in [0.25, 0.3) is 0 Å². The minimum Gasteiger partial charge on any atom is -0.298 e. The van der Waals surface area contributed by atoms with Crippen molar-refractivity contribution in [3.63, 3.8) is 0 Å². The Morgan fingerprint density at radius 1 is 1.69 bits per heavy atom. The number of nitrogens with zero attached hydrogens (tertiary/aromatic N) is 3. The van der Waals surface area contributed by atoms with Crippen LogP contribution in [0.15, 0.2) is 12.4 Å². The van der Waals surface area contributed by atoms with Crippen molar-refractivity contribution in [3.8, 4) is 0 Å². The van der Waals surface area contributed by atoms with Crippen LogP contribution in [0.5, 0.6) is 0 Å². The molecule has 0 spiro atoms. The number of rotatable bonds is 4. The van der Waals surface area contributed by atoms with Gasteiger partial charge in [0.15, 0.2) is 0 Å². The molecule has 1 aromatic heterocycles. The number of halogens is 1. The summed E-state index contributed by atoms with van der Waals surface area (Å²) in [6, 6.07) is 0.556. The Bertz CT molecular complexity index is 259. The summed E-state index contributed by atoms with van der Waals surface area (Å²) < 4.78 is 1.84. The average Bonchev–Trinajstić information content (AvgIpc) is 2.49. The average molecular weight is 246 g/mol. The summed E-state index contributed by atoms with van der Waals surface area (Å²) in [5, 5.41) is 5.14. The van der Waals surface area contributed by atoms with E-state index in [2.05, 4.69) is 46.1 Å². The molecular weight excluding hydrogens is 230 g/mol. The quantitative estimate of drug-likeness (QED) is 0.753. The maximum absolute atomic E-state index is 4.13. The Morgan fingerprint density at radius 2 is 2.38 bits per heavy atom. The van der Waals surface area contributed by atoms with E-state index in [0.717, 1.165) is 11.9 Å². The van der Waals surface area contributed by atoms with Crippen LogP contribution in [0.2, 0.25) is 0 Å². The molecule has 0 bridgehead atoms. The molecule has 0 amide bonds. The Morgan fingerprint density at radius 3 is 2.85 bits per heavy atom. The second kappa shape index (κ2) is 4.77. The van der Waals surface area contributed by atoms with Crippen LogP contribution in [0, 0.1) is 0 Å². The molecule has 1 rings (SSSR count). The van der Waals surface area contributed by atoms with Crippen LogP contribution < -0.4 is 0 Å². The number of hydrogen-bond acceptors (Lipinski definition) is 2. The lowest BCUT2D eigenvalue weighted by Gasteiger charge is -2.21. The fraction of sp³-hybridized carbons (Fsp3) is 0.667. The van der Waals surface area contributed by atoms with Gasteiger partial charge in [-0.1, -0.05) is 15.9 Å². The van der Waals surface area contributed by atoms with Crippen molar-refractivity contribution >= 4 is 15.9 Å². The van der Waals surface area contributed by atoms with E-state index >= 15 is 0 Å². The first-order valence-electron chi connectivity index (χ1n) is 4.37. The third-order valence-electron chi connectivity index (χ3n) is 2.17. The van der Waals surface area contributed by atoms with Gasteiger partial charge in [-0.25, -0.2) is 0 Å². The summed E-state index contributed by atoms with van der Waals surface area (Å²) in [5.74, 6) is 0. The van der Waals surface area contributed by atoms with Gasteiger partial charge < -0.3 is 0 Å². The lowest BCUT2D eigenvalue weighted by Crippen LogP contribution is -2.29. The van der Waals surface area contributed by atoms with Crippen molar-refractivity contribution in [2.45, 2.75) is 19.5 Å². The van der Waals surface area contributed by atoms with Crippen LogP contribution in [-0.4, -0.2) is 33.1 Å². The van der Waals surface area contributed by atoms with E-state index in [0.29, 0.717) is 6.04 Å². The van der Waals surface area contributed by atoms with Gasteiger partial charge in [-0.15, -0.1) is 0 Å². The van der Waals surface area contributed by atoms with Crippen molar-refractivity contribution in [2.75, 3.05) is 12.4 Å². The zero-order chi connectivity index (χ0) is 9.84. The Hall–Kier alpha value is -0.350. The highest BCUT2D eigenvalue weighted by Crippen LogP contribution is 2.06. The molecule has 0 saturated carbocycles. The normalized spacial score (nSPS) is 13.6. The highest BCUT2D eigenvalue weighted by atomic mass is 79.9. The highest BCUT2D eigenvalue weighted by molar-refractivity contribution is 9.09. The first-order chi connectivity index (χ1) is 6.13. The van der Waals surface area contributed by atoms with Gasteiger partial charge in [-0.05, 0) is 14.0 Å². The molecular formula is C9H16BrN3. The first kappa shape index (κ1) is 10.7. The molecule has 1 aromatic rings. The molecule has 4 heteroatoms. The summed E-state index contributed by atoms with van der Waals surface area (Å²) in [7, 11) is 4.07. The molecule has 0 aliphatic rings. The van der Waals surface area contributed by atoms with Crippen molar-refractivity contribution < 1.29 is 0 Å². The number of aryl methyl sites for hydroxylation is 1. The summed E-state index contributed by atoms with van der Waals surface area (Å²) in [6.07, 6.45) is 3.97. The predicted molar refractivity (Wildman–Crippen MR) is 57.9 cm³/mol. The molecule has 13 heavy (non-hydrogen) atoms. The van der Waals surface area contributed by atoms with Crippen LogP contribution in [0.1, 0.15) is 12.5 Å². The second-order valence-electron chi connectivity index (χ2n) is 3.44. The highest BCUT2D eigenvalue weighted by Gasteiger charge is 2.08. The van der Waals surface area contributed by atoms with Crippen molar-refractivity contribution in [1.29, 1.82) is 0 Å². The van der Waals surface area contributed by atoms with Gasteiger partial charge in [-0.3, -0.25) is 9.58 Å². The number of hydrogen-bond donors (Lipinski definition) is 0. The van der Waals surface area contributed by atoms with E-state index in [1.807, 2.05) is 17.9 Å². The van der Waals surface area contributed by atoms with Crippen LogP contribution in [0.3, 0.4) is 0 Å². The fourth-order valence-corrected chi connectivity index (χ4v) is 1.61. The molecule has 0 aromatic carbocycles. The van der Waals surface area contributed by atoms with E-state index < -0.39 is 0 Å². The number of alkyl halides is 1. The zero-order valence-corrected chi connectivity index (χ0v) is 9.95. The molecule has 0 aliphatic heterocycles. The Kier molecular flexibility index (Phi) is 3.93. The third kappa shape index (κ3) is 3.12. The van der Waals surface area contributed by atoms with Crippen molar-refractivity contribution in [1.82, 2.24) is 14.7 Å². The molecule has 0 N–H and O–H groups in total. The second-order valence-corrected chi connectivity index (χ2v) is 4.09. The molecule has 0 fully saturated rings. The molecule has 1 atom stereocenters. The molecule has 0 radical (unpaired) electrons. The maximum atomic E-state index is 4.13. The third-order valence-corrected chi connectivity index (χ3v) is 3.10. The van der Waals surface area contributed by atoms with Crippen LogP contribution in [-0.2, 0) is 13.6 Å². The molecule has 74 valence electrons. The van der Waals surface area contributed by atoms with Gasteiger partial charge in [-0.2, -0.15) is 5.10 Å². The Labute approximate surface area is 87.9 Å². The predicted octanol–water partition coefficient (Wildman–Crippen LogP) is 1.64. The smallest absolute Gasteiger partial charge is 0.0534 e. The Balaban J connectivity index is 2.49. The van der Waals surface area contributed by atoms with E-state index in [1.54, 1.807) is 0 Å². The van der Waals surface area contributed by atoms with E-state index in [1.165, 1.54) is 5.56 Å². The van der Waals surface area contributed by atoms with E-state index in [4.69, 9.17) is 0 Å². The molecule has 0 saturated heterocycles. The fourth-order valence-electron chi connectivity index (χ4n) is 1.12. The van der Waals surface area contributed by atoms with Gasteiger partial charge in [0.05, 0.1) is 6.20 Å². The van der Waals surface area contributed by atoms with Gasteiger partial charge in [0.1, 0.15) is 0 Å². The zero-order valence-electron chi connectivity index (χ0n) is 8.37. The monoisotopic (exact) mass is 245 g/mol. The van der Waals surface area contributed by atoms with Crippen LogP contribution in [0.4, 0.5) is 0 Å². The summed E-state index contributed by atoms with van der Waals surface area (Å²) >= 11 is 3.47. The van der Waals surface area contributed by atoms with Crippen LogP contribution >= 0.6 is 15.9 Å². The van der Waals surface area contributed by atoms with E-state index in [-0.39, 0.29) is 0 Å². The first-order valence-corrected chi connectivity index (χ1v) is 5.49. The van der Waals surface area contributed by atoms with Gasteiger partial charge in [0.25, 0.3) is 0 Å². The number of aromatic nitrogens is 2. The summed E-state index contributed by atoms with van der Waals surface area (Å²) in [4.78, 5) is 2.30. The molecule has 1 heterocycles. The summed E-state index contributed by atoms with van der Waals surface area (Å²) in [5.41, 5.74) is 1.26. The molecule has 3 nitrogen and oxygen atoms in total. The van der Waals surface area contributed by atoms with Gasteiger partial charge >= 0.3 is 0 Å². The minimum atomic E-state index is 0.556. The lowest BCUT2D eigenvalue weighted by molar-refractivity contribution is 0.270. The lowest BCUT2D eigenvalue weighted by atomic mass is 10.3. The van der Waals surface area contributed by atoms with Crippen molar-refractivity contribution in [2.24, 2.45) is 7.05 Å². The van der Waals surface area contributed by atoms with E-state index in [9.17, 15) is 0 Å². The minimum absolute atomic E-state index is 0.556. The van der Waals surface area contributed by atoms with Gasteiger partial charge in [0.2, 0.25) is 0 Å².